The molecule has 1 aliphatic heterocycles. The predicted molar refractivity (Wildman–Crippen MR) is 106 cm³/mol. The van der Waals surface area contributed by atoms with Crippen LogP contribution < -0.4 is 10.6 Å². The Morgan fingerprint density at radius 3 is 2.78 bits per heavy atom. The van der Waals surface area contributed by atoms with Gasteiger partial charge in [0.1, 0.15) is 0 Å². The molecule has 0 aromatic rings. The molecule has 0 spiro atoms. The molecule has 1 unspecified atom stereocenters. The summed E-state index contributed by atoms with van der Waals surface area (Å²) in [5, 5.41) is 6.35. The first-order chi connectivity index (χ1) is 10.7. The van der Waals surface area contributed by atoms with Crippen LogP contribution in [-0.4, -0.2) is 62.7 Å². The first-order valence-corrected chi connectivity index (χ1v) is 8.50. The molecular formula is C16H33IN4O2. The molecule has 1 atom stereocenters. The van der Waals surface area contributed by atoms with Crippen LogP contribution in [0.4, 0.5) is 0 Å². The van der Waals surface area contributed by atoms with E-state index in [0.29, 0.717) is 19.0 Å². The van der Waals surface area contributed by atoms with Crippen LogP contribution in [0.1, 0.15) is 46.0 Å². The van der Waals surface area contributed by atoms with Gasteiger partial charge in [0.15, 0.2) is 5.96 Å². The largest absolute Gasteiger partial charge is 0.469 e. The first kappa shape index (κ1) is 22.4. The molecule has 1 saturated heterocycles. The summed E-state index contributed by atoms with van der Waals surface area (Å²) >= 11 is 0. The van der Waals surface area contributed by atoms with Crippen molar-refractivity contribution in [3.8, 4) is 0 Å². The molecule has 7 heteroatoms. The van der Waals surface area contributed by atoms with E-state index in [9.17, 15) is 4.79 Å². The summed E-state index contributed by atoms with van der Waals surface area (Å²) in [5.74, 6) is 0.570. The van der Waals surface area contributed by atoms with Crippen LogP contribution in [-0.2, 0) is 9.53 Å². The van der Waals surface area contributed by atoms with Crippen molar-refractivity contribution in [2.45, 2.75) is 52.0 Å². The van der Waals surface area contributed by atoms with Crippen LogP contribution in [0.3, 0.4) is 0 Å². The number of carbonyl (C=O) groups excluding carboxylic acids is 1. The number of ether oxygens (including phenoxy) is 1. The number of nitrogens with zero attached hydrogens (tertiary/aromatic N) is 2. The smallest absolute Gasteiger partial charge is 0.307 e. The molecule has 23 heavy (non-hydrogen) atoms. The Kier molecular flexibility index (Phi) is 13.5. The molecule has 0 radical (unpaired) electrons. The molecular weight excluding hydrogens is 407 g/mol. The van der Waals surface area contributed by atoms with Crippen molar-refractivity contribution in [2.24, 2.45) is 4.99 Å². The maximum Gasteiger partial charge on any atom is 0.307 e. The molecule has 2 N–H and O–H groups in total. The Bertz CT molecular complexity index is 353. The van der Waals surface area contributed by atoms with E-state index in [1.807, 2.05) is 6.92 Å². The number of piperidine rings is 1. The van der Waals surface area contributed by atoms with Crippen molar-refractivity contribution in [3.05, 3.63) is 0 Å². The minimum absolute atomic E-state index is 0. The monoisotopic (exact) mass is 440 g/mol. The Morgan fingerprint density at radius 1 is 1.35 bits per heavy atom. The third-order valence-corrected chi connectivity index (χ3v) is 4.01. The van der Waals surface area contributed by atoms with Crippen LogP contribution in [0.2, 0.25) is 0 Å². The minimum Gasteiger partial charge on any atom is -0.469 e. The van der Waals surface area contributed by atoms with Crippen molar-refractivity contribution in [1.29, 1.82) is 0 Å². The highest BCUT2D eigenvalue weighted by atomic mass is 127. The van der Waals surface area contributed by atoms with Crippen LogP contribution >= 0.6 is 24.0 Å². The van der Waals surface area contributed by atoms with Crippen LogP contribution in [0.5, 0.6) is 0 Å². The zero-order valence-corrected chi connectivity index (χ0v) is 17.1. The van der Waals surface area contributed by atoms with E-state index in [-0.39, 0.29) is 29.9 Å². The zero-order chi connectivity index (χ0) is 16.2. The van der Waals surface area contributed by atoms with E-state index in [1.165, 1.54) is 32.9 Å². The lowest BCUT2D eigenvalue weighted by atomic mass is 10.0. The van der Waals surface area contributed by atoms with Gasteiger partial charge in [-0.3, -0.25) is 9.79 Å². The second-order valence-electron chi connectivity index (χ2n) is 5.75. The SMILES string of the molecule is CCNC(=NCCCN1CCCCC1C)NCCC(=O)OC.I. The van der Waals surface area contributed by atoms with Gasteiger partial charge in [0.2, 0.25) is 0 Å². The topological polar surface area (TPSA) is 66.0 Å². The van der Waals surface area contributed by atoms with Gasteiger partial charge in [-0.25, -0.2) is 0 Å². The third-order valence-electron chi connectivity index (χ3n) is 4.01. The van der Waals surface area contributed by atoms with Gasteiger partial charge in [0.05, 0.1) is 13.5 Å². The van der Waals surface area contributed by atoms with Gasteiger partial charge in [-0.05, 0) is 39.7 Å². The number of guanidine groups is 1. The molecule has 136 valence electrons. The standard InChI is InChI=1S/C16H32N4O2.HI/c1-4-17-16(19-11-9-15(21)22-3)18-10-7-13-20-12-6-5-8-14(20)2;/h14H,4-13H2,1-3H3,(H2,17,18,19);1H. The summed E-state index contributed by atoms with van der Waals surface area (Å²) in [7, 11) is 1.41. The molecule has 0 amide bonds. The van der Waals surface area contributed by atoms with Gasteiger partial charge < -0.3 is 20.3 Å². The zero-order valence-electron chi connectivity index (χ0n) is 14.8. The highest BCUT2D eigenvalue weighted by Crippen LogP contribution is 2.16. The average molecular weight is 440 g/mol. The predicted octanol–water partition coefficient (Wildman–Crippen LogP) is 1.99. The minimum atomic E-state index is -0.206. The van der Waals surface area contributed by atoms with Crippen molar-refractivity contribution < 1.29 is 9.53 Å². The third kappa shape index (κ3) is 10.0. The number of methoxy groups -OCH3 is 1. The molecule has 0 aromatic heterocycles. The number of hydrogen-bond donors (Lipinski definition) is 2. The Hall–Kier alpha value is -0.570. The number of aliphatic imine (C=N–C) groups is 1. The van der Waals surface area contributed by atoms with Gasteiger partial charge in [-0.1, -0.05) is 6.42 Å². The summed E-state index contributed by atoms with van der Waals surface area (Å²) in [6, 6.07) is 0.712. The summed E-state index contributed by atoms with van der Waals surface area (Å²) in [6.45, 7) is 8.86. The second kappa shape index (κ2) is 13.8. The van der Waals surface area contributed by atoms with Gasteiger partial charge in [-0.15, -0.1) is 24.0 Å². The lowest BCUT2D eigenvalue weighted by Gasteiger charge is -2.33. The lowest BCUT2D eigenvalue weighted by Crippen LogP contribution is -2.39. The van der Waals surface area contributed by atoms with E-state index in [2.05, 4.69) is 32.2 Å². The van der Waals surface area contributed by atoms with Gasteiger partial charge in [0.25, 0.3) is 0 Å². The van der Waals surface area contributed by atoms with Gasteiger partial charge in [0, 0.05) is 32.2 Å². The number of nitrogens with one attached hydrogen (secondary N) is 2. The highest BCUT2D eigenvalue weighted by Gasteiger charge is 2.16. The van der Waals surface area contributed by atoms with Gasteiger partial charge in [-0.2, -0.15) is 0 Å². The fourth-order valence-corrected chi connectivity index (χ4v) is 2.68. The molecule has 1 fully saturated rings. The molecule has 0 aliphatic carbocycles. The summed E-state index contributed by atoms with van der Waals surface area (Å²) in [5.41, 5.74) is 0. The Balaban J connectivity index is 0.00000484. The average Bonchev–Trinajstić information content (AvgIpc) is 2.52. The van der Waals surface area contributed by atoms with E-state index in [4.69, 9.17) is 0 Å². The number of rotatable bonds is 8. The lowest BCUT2D eigenvalue weighted by molar-refractivity contribution is -0.140. The molecule has 1 heterocycles. The summed E-state index contributed by atoms with van der Waals surface area (Å²) in [6.07, 6.45) is 5.43. The molecule has 0 bridgehead atoms. The van der Waals surface area contributed by atoms with E-state index >= 15 is 0 Å². The van der Waals surface area contributed by atoms with Crippen LogP contribution in [0.15, 0.2) is 4.99 Å². The van der Waals surface area contributed by atoms with Crippen molar-refractivity contribution in [1.82, 2.24) is 15.5 Å². The number of esters is 1. The van der Waals surface area contributed by atoms with Gasteiger partial charge >= 0.3 is 5.97 Å². The molecule has 1 rings (SSSR count). The Labute approximate surface area is 157 Å². The van der Waals surface area contributed by atoms with Crippen LogP contribution in [0.25, 0.3) is 0 Å². The second-order valence-corrected chi connectivity index (χ2v) is 5.75. The molecule has 0 aromatic carbocycles. The number of carbonyl (C=O) groups is 1. The summed E-state index contributed by atoms with van der Waals surface area (Å²) < 4.78 is 4.62. The van der Waals surface area contributed by atoms with Crippen LogP contribution in [0, 0.1) is 0 Å². The van der Waals surface area contributed by atoms with Crippen molar-refractivity contribution >= 4 is 35.9 Å². The van der Waals surface area contributed by atoms with Crippen molar-refractivity contribution in [2.75, 3.05) is 39.8 Å². The molecule has 0 saturated carbocycles. The molecule has 1 aliphatic rings. The summed E-state index contributed by atoms with van der Waals surface area (Å²) in [4.78, 5) is 18.2. The molecule has 6 nitrogen and oxygen atoms in total. The maximum atomic E-state index is 11.1. The number of halogens is 1. The quantitative estimate of drug-likeness (QED) is 0.199. The van der Waals surface area contributed by atoms with E-state index in [0.717, 1.165) is 32.0 Å². The number of hydrogen-bond acceptors (Lipinski definition) is 4. The fourth-order valence-electron chi connectivity index (χ4n) is 2.68. The van der Waals surface area contributed by atoms with E-state index < -0.39 is 0 Å². The number of likely N-dealkylation sites (tertiary alicyclic amines) is 1. The maximum absolute atomic E-state index is 11.1. The highest BCUT2D eigenvalue weighted by molar-refractivity contribution is 14.0. The van der Waals surface area contributed by atoms with Crippen molar-refractivity contribution in [3.63, 3.8) is 0 Å². The first-order valence-electron chi connectivity index (χ1n) is 8.50. The van der Waals surface area contributed by atoms with E-state index in [1.54, 1.807) is 0 Å². The fraction of sp³-hybridized carbons (Fsp3) is 0.875. The normalized spacial score (nSPS) is 18.9. The Morgan fingerprint density at radius 2 is 2.13 bits per heavy atom.